The Morgan fingerprint density at radius 1 is 1.00 bits per heavy atom. The summed E-state index contributed by atoms with van der Waals surface area (Å²) in [5, 5.41) is 12.9. The maximum atomic E-state index is 15.2. The van der Waals surface area contributed by atoms with Gasteiger partial charge in [-0.25, -0.2) is 18.2 Å². The van der Waals surface area contributed by atoms with E-state index in [1.54, 1.807) is 24.0 Å². The predicted octanol–water partition coefficient (Wildman–Crippen LogP) is 2.01. The van der Waals surface area contributed by atoms with Gasteiger partial charge in [-0.1, -0.05) is 0 Å². The molecule has 3 amide bonds. The number of hydrogen-bond donors (Lipinski definition) is 1. The second kappa shape index (κ2) is 13.9. The first-order valence-corrected chi connectivity index (χ1v) is 18.6. The molecule has 2 aromatic carbocycles. The lowest BCUT2D eigenvalue weighted by atomic mass is 9.73. The number of pyridine rings is 1. The van der Waals surface area contributed by atoms with Crippen LogP contribution in [0.2, 0.25) is 0 Å². The van der Waals surface area contributed by atoms with Gasteiger partial charge in [0.1, 0.15) is 16.4 Å². The lowest BCUT2D eigenvalue weighted by Crippen LogP contribution is -2.74. The Balaban J connectivity index is 1.23. The molecule has 4 aliphatic heterocycles. The molecule has 15 nitrogen and oxygen atoms in total. The van der Waals surface area contributed by atoms with Crippen molar-refractivity contribution in [1.29, 1.82) is 5.26 Å². The van der Waals surface area contributed by atoms with Gasteiger partial charge in [0.05, 0.1) is 56.9 Å². The fourth-order valence-corrected chi connectivity index (χ4v) is 9.28. The minimum atomic E-state index is -4.70. The summed E-state index contributed by atoms with van der Waals surface area (Å²) < 4.78 is 51.9. The van der Waals surface area contributed by atoms with Gasteiger partial charge in [-0.3, -0.25) is 9.69 Å². The maximum absolute atomic E-state index is 15.2. The number of benzene rings is 2. The molecule has 1 atom stereocenters. The molecule has 3 saturated heterocycles. The molecule has 0 unspecified atom stereocenters. The molecule has 4 aliphatic rings. The topological polar surface area (TPSA) is 167 Å². The molecular formula is C36H41N7O8S. The summed E-state index contributed by atoms with van der Waals surface area (Å²) in [7, 11) is -1.95. The van der Waals surface area contributed by atoms with Crippen molar-refractivity contribution in [2.75, 3.05) is 90.7 Å². The van der Waals surface area contributed by atoms with Crippen LogP contribution in [0.4, 0.5) is 10.5 Å². The number of rotatable bonds is 11. The van der Waals surface area contributed by atoms with Gasteiger partial charge in [-0.2, -0.15) is 9.57 Å². The number of nitrogens with zero attached hydrogens (tertiary/aromatic N) is 6. The van der Waals surface area contributed by atoms with Crippen LogP contribution in [0.5, 0.6) is 17.4 Å². The summed E-state index contributed by atoms with van der Waals surface area (Å²) in [5.41, 5.74) is -1.86. The highest BCUT2D eigenvalue weighted by molar-refractivity contribution is 7.93. The highest BCUT2D eigenvalue weighted by Crippen LogP contribution is 2.50. The molecule has 0 radical (unpaired) electrons. The third kappa shape index (κ3) is 5.97. The molecule has 0 saturated carbocycles. The number of morpholine rings is 1. The number of likely N-dealkylation sites (tertiary alicyclic amines) is 2. The normalized spacial score (nSPS) is 21.2. The molecular weight excluding hydrogens is 691 g/mol. The van der Waals surface area contributed by atoms with Crippen LogP contribution in [0.25, 0.3) is 0 Å². The standard InChI is InChI=1S/C36H41N7O8S/c1-4-51-32-27(6-5-11-38-32)36(39-34(45)42-23-35(24-42)21-41(22-35)13-12-40-14-16-50-17-15-40)28-18-25(20-37)7-9-29(28)43(33(36)44)52(46,47)31-10-8-26(48-2)19-30(31)49-3/h5-11,18-19H,4,12-17,21-24H2,1-3H3,(H,39,45)/t36-/m0/s1. The van der Waals surface area contributed by atoms with Crippen LogP contribution in [0, 0.1) is 16.7 Å². The molecule has 1 N–H and O–H groups in total. The molecule has 0 aliphatic carbocycles. The Labute approximate surface area is 302 Å². The largest absolute Gasteiger partial charge is 0.497 e. The molecule has 5 heterocycles. The Bertz CT molecular complexity index is 2020. The quantitative estimate of drug-likeness (QED) is 0.305. The van der Waals surface area contributed by atoms with Gasteiger partial charge in [0.15, 0.2) is 5.54 Å². The number of sulfonamides is 1. The molecule has 1 spiro atoms. The van der Waals surface area contributed by atoms with Crippen molar-refractivity contribution in [3.63, 3.8) is 0 Å². The summed E-state index contributed by atoms with van der Waals surface area (Å²) in [5.74, 6) is -0.667. The summed E-state index contributed by atoms with van der Waals surface area (Å²) in [6, 6.07) is 13.0. The van der Waals surface area contributed by atoms with Crippen molar-refractivity contribution in [2.45, 2.75) is 17.4 Å². The van der Waals surface area contributed by atoms with E-state index in [9.17, 15) is 18.5 Å². The molecule has 52 heavy (non-hydrogen) atoms. The number of nitriles is 1. The minimum absolute atomic E-state index is 0.0308. The fraction of sp³-hybridized carbons (Fsp3) is 0.444. The second-order valence-electron chi connectivity index (χ2n) is 13.4. The van der Waals surface area contributed by atoms with Crippen LogP contribution in [-0.4, -0.2) is 126 Å². The summed E-state index contributed by atoms with van der Waals surface area (Å²) >= 11 is 0. The number of fused-ring (bicyclic) bond motifs is 1. The van der Waals surface area contributed by atoms with Crippen molar-refractivity contribution in [3.05, 3.63) is 71.4 Å². The highest BCUT2D eigenvalue weighted by Gasteiger charge is 2.61. The zero-order valence-electron chi connectivity index (χ0n) is 29.3. The van der Waals surface area contributed by atoms with Crippen LogP contribution in [-0.2, 0) is 25.1 Å². The number of methoxy groups -OCH3 is 2. The van der Waals surface area contributed by atoms with Crippen LogP contribution >= 0.6 is 0 Å². The van der Waals surface area contributed by atoms with Gasteiger partial charge in [0.2, 0.25) is 5.88 Å². The number of nitrogens with one attached hydrogen (secondary N) is 1. The molecule has 7 rings (SSSR count). The lowest BCUT2D eigenvalue weighted by molar-refractivity contribution is -0.122. The fourth-order valence-electron chi connectivity index (χ4n) is 7.68. The number of aromatic nitrogens is 1. The smallest absolute Gasteiger partial charge is 0.318 e. The lowest BCUT2D eigenvalue weighted by Gasteiger charge is -2.60. The Hall–Kier alpha value is -4.95. The third-order valence-corrected chi connectivity index (χ3v) is 11.9. The zero-order chi connectivity index (χ0) is 36.7. The van der Waals surface area contributed by atoms with E-state index in [4.69, 9.17) is 18.9 Å². The van der Waals surface area contributed by atoms with Gasteiger partial charge >= 0.3 is 6.03 Å². The highest BCUT2D eigenvalue weighted by atomic mass is 32.2. The van der Waals surface area contributed by atoms with E-state index in [0.29, 0.717) is 23.1 Å². The maximum Gasteiger partial charge on any atom is 0.318 e. The molecule has 274 valence electrons. The van der Waals surface area contributed by atoms with Crippen molar-refractivity contribution in [2.24, 2.45) is 5.41 Å². The van der Waals surface area contributed by atoms with Crippen LogP contribution in [0.1, 0.15) is 23.6 Å². The van der Waals surface area contributed by atoms with Gasteiger partial charge in [0.25, 0.3) is 15.9 Å². The van der Waals surface area contributed by atoms with Gasteiger partial charge in [-0.05, 0) is 49.4 Å². The predicted molar refractivity (Wildman–Crippen MR) is 188 cm³/mol. The van der Waals surface area contributed by atoms with E-state index < -0.39 is 27.5 Å². The Morgan fingerprint density at radius 3 is 2.44 bits per heavy atom. The summed E-state index contributed by atoms with van der Waals surface area (Å²) in [6.07, 6.45) is 1.48. The summed E-state index contributed by atoms with van der Waals surface area (Å²) in [6.45, 7) is 9.85. The summed E-state index contributed by atoms with van der Waals surface area (Å²) in [4.78, 5) is 39.9. The van der Waals surface area contributed by atoms with Crippen LogP contribution < -0.4 is 23.8 Å². The Morgan fingerprint density at radius 2 is 1.75 bits per heavy atom. The molecule has 0 bridgehead atoms. The van der Waals surface area contributed by atoms with Gasteiger partial charge in [-0.15, -0.1) is 0 Å². The first-order valence-electron chi connectivity index (χ1n) is 17.1. The number of hydrogen-bond acceptors (Lipinski definition) is 12. The number of amides is 3. The van der Waals surface area contributed by atoms with Crippen molar-refractivity contribution in [1.82, 2.24) is 25.0 Å². The second-order valence-corrected chi connectivity index (χ2v) is 15.2. The van der Waals surface area contributed by atoms with Gasteiger partial charge in [0, 0.05) is 75.6 Å². The molecule has 3 aromatic rings. The first-order chi connectivity index (χ1) is 25.1. The average Bonchev–Trinajstić information content (AvgIpc) is 3.37. The van der Waals surface area contributed by atoms with Crippen molar-refractivity contribution in [3.8, 4) is 23.4 Å². The number of ether oxygens (including phenoxy) is 4. The van der Waals surface area contributed by atoms with Crippen molar-refractivity contribution >= 4 is 27.6 Å². The SMILES string of the molecule is CCOc1ncccc1[C@@]1(NC(=O)N2CC3(CN(CCN4CCOCC4)C3)C2)C(=O)N(S(=O)(=O)c2ccc(OC)cc2OC)c2ccc(C#N)cc21. The van der Waals surface area contributed by atoms with Crippen molar-refractivity contribution < 1.29 is 37.0 Å². The molecule has 1 aromatic heterocycles. The molecule has 16 heteroatoms. The van der Waals surface area contributed by atoms with E-state index in [1.807, 2.05) is 0 Å². The Kier molecular flexibility index (Phi) is 9.46. The van der Waals surface area contributed by atoms with E-state index in [-0.39, 0.29) is 50.9 Å². The van der Waals surface area contributed by atoms with Crippen LogP contribution in [0.3, 0.4) is 0 Å². The average molecular weight is 732 g/mol. The molecule has 3 fully saturated rings. The van der Waals surface area contributed by atoms with Crippen LogP contribution in [0.15, 0.2) is 59.6 Å². The van der Waals surface area contributed by atoms with E-state index in [1.165, 1.54) is 56.8 Å². The van der Waals surface area contributed by atoms with E-state index in [0.717, 1.165) is 52.5 Å². The number of anilines is 1. The van der Waals surface area contributed by atoms with E-state index in [2.05, 4.69) is 26.2 Å². The van der Waals surface area contributed by atoms with Gasteiger partial charge < -0.3 is 34.1 Å². The van der Waals surface area contributed by atoms with E-state index >= 15 is 4.79 Å². The minimum Gasteiger partial charge on any atom is -0.497 e. The zero-order valence-corrected chi connectivity index (χ0v) is 30.1. The third-order valence-electron chi connectivity index (χ3n) is 10.2. The first kappa shape index (κ1) is 35.5. The monoisotopic (exact) mass is 731 g/mol. The number of urea groups is 1. The number of carbonyl (C=O) groups is 2. The number of carbonyl (C=O) groups excluding carboxylic acids is 2.